The number of carbonyl (C=O) groups is 3. The van der Waals surface area contributed by atoms with Gasteiger partial charge in [0.2, 0.25) is 5.91 Å². The minimum atomic E-state index is -0.576. The van der Waals surface area contributed by atoms with E-state index in [-0.39, 0.29) is 12.5 Å². The molecule has 24 heavy (non-hydrogen) atoms. The van der Waals surface area contributed by atoms with E-state index >= 15 is 0 Å². The molecule has 2 aromatic carbocycles. The largest absolute Gasteiger partial charge is 0.374 e. The molecule has 7 heteroatoms. The zero-order valence-corrected chi connectivity index (χ0v) is 13.1. The van der Waals surface area contributed by atoms with Gasteiger partial charge >= 0.3 is 6.03 Å². The normalized spacial score (nSPS) is 9.71. The molecular weight excluding hydrogens is 308 g/mol. The van der Waals surface area contributed by atoms with Crippen LogP contribution in [-0.2, 0) is 4.79 Å². The van der Waals surface area contributed by atoms with Crippen molar-refractivity contribution in [1.82, 2.24) is 10.6 Å². The lowest BCUT2D eigenvalue weighted by Crippen LogP contribution is -2.40. The van der Waals surface area contributed by atoms with E-state index in [0.717, 1.165) is 0 Å². The molecule has 0 atom stereocenters. The van der Waals surface area contributed by atoms with Crippen LogP contribution < -0.4 is 21.3 Å². The Kier molecular flexibility index (Phi) is 5.90. The molecule has 0 aliphatic carbocycles. The number of para-hydroxylation sites is 2. The summed E-state index contributed by atoms with van der Waals surface area (Å²) in [5, 5.41) is 10.1. The second-order valence-electron chi connectivity index (χ2n) is 4.85. The van der Waals surface area contributed by atoms with Crippen LogP contribution in [0.3, 0.4) is 0 Å². The van der Waals surface area contributed by atoms with Gasteiger partial charge in [-0.2, -0.15) is 0 Å². The number of urea groups is 1. The highest BCUT2D eigenvalue weighted by Crippen LogP contribution is 2.21. The monoisotopic (exact) mass is 326 g/mol. The van der Waals surface area contributed by atoms with Crippen LogP contribution in [-0.4, -0.2) is 31.4 Å². The lowest BCUT2D eigenvalue weighted by atomic mass is 10.2. The Balaban J connectivity index is 2.01. The predicted octanol–water partition coefficient (Wildman–Crippen LogP) is 1.81. The van der Waals surface area contributed by atoms with E-state index in [1.165, 1.54) is 7.05 Å². The van der Waals surface area contributed by atoms with Crippen LogP contribution in [0.1, 0.15) is 10.4 Å². The quantitative estimate of drug-likeness (QED) is 0.673. The Morgan fingerprint density at radius 3 is 2.17 bits per heavy atom. The molecule has 0 bridgehead atoms. The Morgan fingerprint density at radius 2 is 1.50 bits per heavy atom. The summed E-state index contributed by atoms with van der Waals surface area (Å²) < 4.78 is 0. The lowest BCUT2D eigenvalue weighted by Gasteiger charge is -2.13. The van der Waals surface area contributed by atoms with E-state index in [1.54, 1.807) is 48.5 Å². The van der Waals surface area contributed by atoms with Crippen molar-refractivity contribution >= 4 is 29.2 Å². The molecule has 0 fully saturated rings. The average Bonchev–Trinajstić information content (AvgIpc) is 2.61. The van der Waals surface area contributed by atoms with Gasteiger partial charge in [-0.3, -0.25) is 14.9 Å². The van der Waals surface area contributed by atoms with Gasteiger partial charge in [0.1, 0.15) is 0 Å². The van der Waals surface area contributed by atoms with Gasteiger partial charge in [-0.25, -0.2) is 4.79 Å². The minimum Gasteiger partial charge on any atom is -0.374 e. The number of nitrogens with one attached hydrogen (secondary N) is 4. The van der Waals surface area contributed by atoms with E-state index in [4.69, 9.17) is 0 Å². The lowest BCUT2D eigenvalue weighted by molar-refractivity contribution is -0.118. The summed E-state index contributed by atoms with van der Waals surface area (Å²) in [6.07, 6.45) is 0. The van der Waals surface area contributed by atoms with Crippen molar-refractivity contribution in [2.45, 2.75) is 0 Å². The molecule has 0 heterocycles. The zero-order valence-electron chi connectivity index (χ0n) is 13.1. The van der Waals surface area contributed by atoms with Crippen molar-refractivity contribution in [3.63, 3.8) is 0 Å². The van der Waals surface area contributed by atoms with E-state index < -0.39 is 11.9 Å². The first kappa shape index (κ1) is 17.0. The fraction of sp³-hybridized carbons (Fsp3) is 0.118. The second-order valence-corrected chi connectivity index (χ2v) is 4.85. The van der Waals surface area contributed by atoms with Crippen molar-refractivity contribution < 1.29 is 14.4 Å². The highest BCUT2D eigenvalue weighted by atomic mass is 16.2. The number of amides is 4. The topological polar surface area (TPSA) is 99.3 Å². The van der Waals surface area contributed by atoms with Crippen LogP contribution in [0.5, 0.6) is 0 Å². The fourth-order valence-electron chi connectivity index (χ4n) is 1.94. The summed E-state index contributed by atoms with van der Waals surface area (Å²) in [7, 11) is 1.42. The Hall–Kier alpha value is -3.35. The molecule has 0 spiro atoms. The van der Waals surface area contributed by atoms with Crippen LogP contribution in [0, 0.1) is 0 Å². The number of rotatable bonds is 5. The molecule has 0 aliphatic rings. The molecule has 0 unspecified atom stereocenters. The molecule has 2 aromatic rings. The number of imide groups is 1. The third-order valence-electron chi connectivity index (χ3n) is 3.13. The van der Waals surface area contributed by atoms with Crippen molar-refractivity contribution in [2.24, 2.45) is 0 Å². The van der Waals surface area contributed by atoms with Crippen LogP contribution >= 0.6 is 0 Å². The number of anilines is 2. The van der Waals surface area contributed by atoms with E-state index in [1.807, 2.05) is 6.07 Å². The number of hydrogen-bond donors (Lipinski definition) is 4. The number of carbonyl (C=O) groups excluding carboxylic acids is 3. The van der Waals surface area contributed by atoms with Crippen LogP contribution in [0.4, 0.5) is 16.2 Å². The van der Waals surface area contributed by atoms with Gasteiger partial charge in [0, 0.05) is 12.6 Å². The first-order valence-electron chi connectivity index (χ1n) is 7.31. The number of benzene rings is 2. The van der Waals surface area contributed by atoms with Crippen molar-refractivity contribution in [3.05, 3.63) is 60.2 Å². The Labute approximate surface area is 139 Å². The molecule has 0 aromatic heterocycles. The van der Waals surface area contributed by atoms with Crippen LogP contribution in [0.15, 0.2) is 54.6 Å². The zero-order chi connectivity index (χ0) is 17.4. The molecule has 2 rings (SSSR count). The first-order valence-corrected chi connectivity index (χ1v) is 7.31. The Bertz CT molecular complexity index is 732. The van der Waals surface area contributed by atoms with Gasteiger partial charge < -0.3 is 16.0 Å². The Morgan fingerprint density at radius 1 is 0.875 bits per heavy atom. The van der Waals surface area contributed by atoms with Gasteiger partial charge in [0.05, 0.1) is 17.9 Å². The van der Waals surface area contributed by atoms with Crippen molar-refractivity contribution in [1.29, 1.82) is 0 Å². The maximum atomic E-state index is 12.2. The summed E-state index contributed by atoms with van der Waals surface area (Å²) in [5.41, 5.74) is 1.65. The van der Waals surface area contributed by atoms with Gasteiger partial charge in [-0.05, 0) is 24.3 Å². The molecule has 0 radical (unpaired) electrons. The summed E-state index contributed by atoms with van der Waals surface area (Å²) >= 11 is 0. The van der Waals surface area contributed by atoms with Crippen LogP contribution in [0.2, 0.25) is 0 Å². The summed E-state index contributed by atoms with van der Waals surface area (Å²) in [6.45, 7) is -0.106. The number of hydrogen-bond acceptors (Lipinski definition) is 4. The highest BCUT2D eigenvalue weighted by Gasteiger charge is 2.10. The van der Waals surface area contributed by atoms with Gasteiger partial charge in [0.15, 0.2) is 0 Å². The average molecular weight is 326 g/mol. The van der Waals surface area contributed by atoms with E-state index in [9.17, 15) is 14.4 Å². The third-order valence-corrected chi connectivity index (χ3v) is 3.13. The first-order chi connectivity index (χ1) is 11.6. The summed E-state index contributed by atoms with van der Waals surface area (Å²) in [5.74, 6) is -0.738. The molecule has 4 amide bonds. The molecule has 7 nitrogen and oxygen atoms in total. The molecule has 0 saturated carbocycles. The fourth-order valence-corrected chi connectivity index (χ4v) is 1.94. The second kappa shape index (κ2) is 8.33. The molecule has 124 valence electrons. The van der Waals surface area contributed by atoms with Crippen LogP contribution in [0.25, 0.3) is 0 Å². The van der Waals surface area contributed by atoms with Gasteiger partial charge in [0.25, 0.3) is 5.91 Å². The maximum absolute atomic E-state index is 12.2. The standard InChI is InChI=1S/C17H18N4O3/c1-18-17(24)21-15(22)11-19-13-9-5-6-10-14(13)20-16(23)12-7-3-2-4-8-12/h2-10,19H,11H2,1H3,(H,20,23)(H2,18,21,22,24). The van der Waals surface area contributed by atoms with E-state index in [0.29, 0.717) is 16.9 Å². The molecule has 0 saturated heterocycles. The van der Waals surface area contributed by atoms with Crippen molar-refractivity contribution in [2.75, 3.05) is 24.2 Å². The van der Waals surface area contributed by atoms with Gasteiger partial charge in [-0.15, -0.1) is 0 Å². The third kappa shape index (κ3) is 4.84. The predicted molar refractivity (Wildman–Crippen MR) is 91.9 cm³/mol. The van der Waals surface area contributed by atoms with Crippen molar-refractivity contribution in [3.8, 4) is 0 Å². The maximum Gasteiger partial charge on any atom is 0.321 e. The molecule has 4 N–H and O–H groups in total. The SMILES string of the molecule is CNC(=O)NC(=O)CNc1ccccc1NC(=O)c1ccccc1. The van der Waals surface area contributed by atoms with E-state index in [2.05, 4.69) is 21.3 Å². The minimum absolute atomic E-state index is 0.106. The summed E-state index contributed by atoms with van der Waals surface area (Å²) in [6, 6.07) is 15.2. The smallest absolute Gasteiger partial charge is 0.321 e. The highest BCUT2D eigenvalue weighted by molar-refractivity contribution is 6.06. The summed E-state index contributed by atoms with van der Waals surface area (Å²) in [4.78, 5) is 34.9. The molecular formula is C17H18N4O3. The van der Waals surface area contributed by atoms with Gasteiger partial charge in [-0.1, -0.05) is 30.3 Å². The molecule has 0 aliphatic heterocycles.